The summed E-state index contributed by atoms with van der Waals surface area (Å²) < 4.78 is 35.9. The molecule has 5 nitrogen and oxygen atoms in total. The molecule has 3 fully saturated rings. The van der Waals surface area contributed by atoms with Crippen molar-refractivity contribution in [2.75, 3.05) is 13.2 Å². The van der Waals surface area contributed by atoms with Crippen molar-refractivity contribution in [1.29, 1.82) is 0 Å². The summed E-state index contributed by atoms with van der Waals surface area (Å²) in [7, 11) is -7.24. The van der Waals surface area contributed by atoms with Gasteiger partial charge in [-0.3, -0.25) is 0 Å². The van der Waals surface area contributed by atoms with Crippen LogP contribution in [0.3, 0.4) is 0 Å². The Morgan fingerprint density at radius 2 is 1.24 bits per heavy atom. The molecule has 368 valence electrons. The molecule has 3 rings (SSSR count). The second-order valence-corrected chi connectivity index (χ2v) is 40.6. The van der Waals surface area contributed by atoms with Gasteiger partial charge in [0.2, 0.25) is 0 Å². The zero-order valence-electron chi connectivity index (χ0n) is 44.8. The molecule has 0 aromatic heterocycles. The largest absolute Gasteiger partial charge is 0.417 e. The van der Waals surface area contributed by atoms with Crippen LogP contribution < -0.4 is 0 Å². The molecule has 7 atom stereocenters. The molecule has 9 heteroatoms. The summed E-state index contributed by atoms with van der Waals surface area (Å²) >= 11 is 0. The van der Waals surface area contributed by atoms with E-state index in [0.717, 1.165) is 73.1 Å². The highest BCUT2D eigenvalue weighted by molar-refractivity contribution is 6.74. The Kier molecular flexibility index (Phi) is 23.6. The van der Waals surface area contributed by atoms with E-state index < -0.39 is 33.3 Å². The van der Waals surface area contributed by atoms with Gasteiger partial charge in [-0.2, -0.15) is 0 Å². The van der Waals surface area contributed by atoms with E-state index in [2.05, 4.69) is 123 Å². The van der Waals surface area contributed by atoms with E-state index in [1.165, 1.54) is 93.2 Å². The Balaban J connectivity index is 1.92. The van der Waals surface area contributed by atoms with Crippen molar-refractivity contribution in [2.24, 2.45) is 23.2 Å². The normalized spacial score (nSPS) is 27.1. The third-order valence-corrected chi connectivity index (χ3v) is 37.3. The van der Waals surface area contributed by atoms with Crippen molar-refractivity contribution < 1.29 is 22.4 Å². The molecule has 3 aliphatic rings. The maximum absolute atomic E-state index is 7.56. The van der Waals surface area contributed by atoms with Gasteiger partial charge in [-0.05, 0) is 166 Å². The SMILES string of the molecule is C=C1C(=CC=C2CCC[C@@]3(C)C2CCC3C(C)CCCC(C)(C)O[Si](CC)(CC)CC)CC(O[Si](CC)(CC)CC)C(OCCCO[Si](CC)(CC)CC)C1O[Si](CC)(CC)CC. The van der Waals surface area contributed by atoms with Crippen molar-refractivity contribution in [1.82, 2.24) is 0 Å². The first-order chi connectivity index (χ1) is 29.9. The van der Waals surface area contributed by atoms with Gasteiger partial charge in [-0.25, -0.2) is 0 Å². The quantitative estimate of drug-likeness (QED) is 0.0530. The topological polar surface area (TPSA) is 46.2 Å². The van der Waals surface area contributed by atoms with Crippen LogP contribution in [0.25, 0.3) is 0 Å². The predicted octanol–water partition coefficient (Wildman–Crippen LogP) is 17.2. The lowest BCUT2D eigenvalue weighted by atomic mass is 9.60. The number of hydrogen-bond donors (Lipinski definition) is 0. The van der Waals surface area contributed by atoms with Crippen LogP contribution in [0.1, 0.15) is 175 Å². The van der Waals surface area contributed by atoms with Gasteiger partial charge in [-0.1, -0.05) is 134 Å². The van der Waals surface area contributed by atoms with Crippen LogP contribution in [0.15, 0.2) is 35.5 Å². The van der Waals surface area contributed by atoms with Gasteiger partial charge in [0.05, 0.1) is 17.8 Å². The Labute approximate surface area is 397 Å². The van der Waals surface area contributed by atoms with Crippen molar-refractivity contribution in [2.45, 2.75) is 271 Å². The number of ether oxygens (including phenoxy) is 1. The summed E-state index contributed by atoms with van der Waals surface area (Å²) in [5.41, 5.74) is 4.53. The zero-order chi connectivity index (χ0) is 47.1. The van der Waals surface area contributed by atoms with E-state index in [4.69, 9.17) is 29.0 Å². The lowest BCUT2D eigenvalue weighted by molar-refractivity contribution is -0.0871. The van der Waals surface area contributed by atoms with Gasteiger partial charge in [0.15, 0.2) is 33.3 Å². The summed E-state index contributed by atoms with van der Waals surface area (Å²) in [4.78, 5) is 0. The lowest BCUT2D eigenvalue weighted by Crippen LogP contribution is -2.55. The molecule has 0 aromatic rings. The van der Waals surface area contributed by atoms with E-state index in [-0.39, 0.29) is 23.9 Å². The Morgan fingerprint density at radius 3 is 1.78 bits per heavy atom. The molecular weight excluding hydrogens is 841 g/mol. The first kappa shape index (κ1) is 57.2. The molecule has 0 saturated heterocycles. The molecule has 0 bridgehead atoms. The molecule has 3 saturated carbocycles. The van der Waals surface area contributed by atoms with Gasteiger partial charge in [0.25, 0.3) is 0 Å². The highest BCUT2D eigenvalue weighted by atomic mass is 28.4. The summed E-state index contributed by atoms with van der Waals surface area (Å²) in [6.07, 6.45) is 16.8. The van der Waals surface area contributed by atoms with Gasteiger partial charge >= 0.3 is 0 Å². The van der Waals surface area contributed by atoms with Crippen LogP contribution in [0.4, 0.5) is 0 Å². The molecule has 0 spiro atoms. The highest BCUT2D eigenvalue weighted by Crippen LogP contribution is 2.60. The second-order valence-electron chi connectivity index (χ2n) is 21.7. The fraction of sp³-hybridized carbons (Fsp3) is 0.889. The van der Waals surface area contributed by atoms with Gasteiger partial charge in [-0.15, -0.1) is 0 Å². The fourth-order valence-corrected chi connectivity index (χ4v) is 24.5. The van der Waals surface area contributed by atoms with Gasteiger partial charge in [0, 0.05) is 19.6 Å². The van der Waals surface area contributed by atoms with Crippen LogP contribution in [0.5, 0.6) is 0 Å². The molecular formula is C54H106O5Si4. The molecule has 0 aliphatic heterocycles. The van der Waals surface area contributed by atoms with E-state index in [1.807, 2.05) is 0 Å². The smallest absolute Gasteiger partial charge is 0.193 e. The monoisotopic (exact) mass is 947 g/mol. The minimum absolute atomic E-state index is 0.0184. The number of fused-ring (bicyclic) bond motifs is 1. The molecule has 0 radical (unpaired) electrons. The van der Waals surface area contributed by atoms with Crippen LogP contribution in [-0.2, 0) is 22.4 Å². The molecule has 6 unspecified atom stereocenters. The summed E-state index contributed by atoms with van der Waals surface area (Å²) in [6, 6.07) is 14.0. The fourth-order valence-electron chi connectivity index (χ4n) is 12.9. The molecule has 63 heavy (non-hydrogen) atoms. The molecule has 0 heterocycles. The van der Waals surface area contributed by atoms with Crippen molar-refractivity contribution in [3.05, 3.63) is 35.5 Å². The van der Waals surface area contributed by atoms with E-state index in [9.17, 15) is 0 Å². The Bertz CT molecular complexity index is 1380. The highest BCUT2D eigenvalue weighted by Gasteiger charge is 2.51. The second kappa shape index (κ2) is 26.0. The van der Waals surface area contributed by atoms with Crippen LogP contribution >= 0.6 is 0 Å². The van der Waals surface area contributed by atoms with E-state index >= 15 is 0 Å². The van der Waals surface area contributed by atoms with E-state index in [1.54, 1.807) is 5.57 Å². The van der Waals surface area contributed by atoms with Crippen LogP contribution in [0.2, 0.25) is 72.5 Å². The van der Waals surface area contributed by atoms with Gasteiger partial charge < -0.3 is 22.4 Å². The zero-order valence-corrected chi connectivity index (χ0v) is 48.8. The summed E-state index contributed by atoms with van der Waals surface area (Å²) in [5.74, 6) is 2.20. The van der Waals surface area contributed by atoms with Crippen LogP contribution in [-0.4, -0.2) is 70.4 Å². The van der Waals surface area contributed by atoms with Crippen molar-refractivity contribution >= 4 is 33.3 Å². The number of rotatable bonds is 30. The maximum Gasteiger partial charge on any atom is 0.193 e. The number of allylic oxidation sites excluding steroid dienone is 3. The lowest BCUT2D eigenvalue weighted by Gasteiger charge is -2.47. The molecule has 0 N–H and O–H groups in total. The Hall–Kier alpha value is -0.112. The Morgan fingerprint density at radius 1 is 0.698 bits per heavy atom. The molecule has 3 aliphatic carbocycles. The van der Waals surface area contributed by atoms with Crippen molar-refractivity contribution in [3.63, 3.8) is 0 Å². The third kappa shape index (κ3) is 14.2. The van der Waals surface area contributed by atoms with Gasteiger partial charge in [0.1, 0.15) is 6.10 Å². The van der Waals surface area contributed by atoms with Crippen molar-refractivity contribution in [3.8, 4) is 0 Å². The first-order valence-electron chi connectivity index (χ1n) is 27.3. The van der Waals surface area contributed by atoms with Crippen LogP contribution in [0, 0.1) is 23.2 Å². The predicted molar refractivity (Wildman–Crippen MR) is 285 cm³/mol. The standard InChI is InChI=1S/C54H106O5Si4/c1-18-60(19-2,20-3)56-42-32-41-55-52-50(57-61(21-4,22-5)23-6)43-47(45(14)51(52)58-62(24-7,25-8)26-9)36-35-46-34-31-40-54(17)48(37-38-49(46)54)44(13)33-30-39-53(15,16)59-63(27-10,28-11)29-12/h35-36,44,48-52H,14,18-34,37-43H2,1-13,15-17H3/t44?,48?,49?,50?,51?,52?,54-/m1/s1. The summed E-state index contributed by atoms with van der Waals surface area (Å²) in [5, 5.41) is 0. The summed E-state index contributed by atoms with van der Waals surface area (Å²) in [6.45, 7) is 44.6. The first-order valence-corrected chi connectivity index (χ1v) is 37.4. The average Bonchev–Trinajstić information content (AvgIpc) is 3.66. The number of hydrogen-bond acceptors (Lipinski definition) is 5. The maximum atomic E-state index is 7.56. The molecule has 0 aromatic carbocycles. The minimum Gasteiger partial charge on any atom is -0.417 e. The average molecular weight is 948 g/mol. The molecule has 0 amide bonds. The third-order valence-electron chi connectivity index (χ3n) is 18.5. The van der Waals surface area contributed by atoms with E-state index in [0.29, 0.717) is 17.9 Å². The minimum atomic E-state index is -2.02.